The number of hydrogen-bond donors (Lipinski definition) is 1. The van der Waals surface area contributed by atoms with Crippen LogP contribution in [0.15, 0.2) is 48.9 Å². The number of piperidine rings is 1. The number of aromatic nitrogens is 4. The van der Waals surface area contributed by atoms with Crippen LogP contribution in [0.5, 0.6) is 11.6 Å². The molecule has 1 N–H and O–H groups in total. The Labute approximate surface area is 173 Å². The topological polar surface area (TPSA) is 103 Å². The number of aliphatic hydroxyl groups is 1. The molecule has 0 spiro atoms. The Hall–Kier alpha value is -3.46. The molecule has 3 aromatic rings. The van der Waals surface area contributed by atoms with Crippen LogP contribution in [0.25, 0.3) is 5.69 Å². The Kier molecular flexibility index (Phi) is 5.89. The highest BCUT2D eigenvalue weighted by atomic mass is 16.5. The first-order valence-electron chi connectivity index (χ1n) is 9.75. The van der Waals surface area contributed by atoms with Crippen LogP contribution in [0.4, 0.5) is 0 Å². The number of ether oxygens (including phenoxy) is 2. The van der Waals surface area contributed by atoms with Gasteiger partial charge in [0.1, 0.15) is 11.9 Å². The summed E-state index contributed by atoms with van der Waals surface area (Å²) in [5.74, 6) is 0.751. The van der Waals surface area contributed by atoms with Crippen molar-refractivity contribution in [3.63, 3.8) is 0 Å². The molecule has 1 aromatic carbocycles. The van der Waals surface area contributed by atoms with Crippen molar-refractivity contribution in [2.24, 2.45) is 0 Å². The van der Waals surface area contributed by atoms with Gasteiger partial charge in [-0.25, -0.2) is 4.98 Å². The average molecular weight is 409 g/mol. The number of hydrogen-bond acceptors (Lipinski definition) is 7. The molecule has 1 unspecified atom stereocenters. The van der Waals surface area contributed by atoms with Crippen molar-refractivity contribution in [1.82, 2.24) is 24.9 Å². The summed E-state index contributed by atoms with van der Waals surface area (Å²) in [6, 6.07) is 8.95. The maximum atomic E-state index is 13.3. The van der Waals surface area contributed by atoms with E-state index in [4.69, 9.17) is 9.47 Å². The number of carbonyl (C=O) groups excluding carboxylic acids is 1. The minimum absolute atomic E-state index is 0.0998. The average Bonchev–Trinajstić information content (AvgIpc) is 3.33. The van der Waals surface area contributed by atoms with E-state index < -0.39 is 0 Å². The van der Waals surface area contributed by atoms with Crippen LogP contribution in [-0.2, 0) is 6.61 Å². The first-order chi connectivity index (χ1) is 14.7. The molecule has 0 aliphatic carbocycles. The molecular formula is C21H23N5O4. The summed E-state index contributed by atoms with van der Waals surface area (Å²) in [7, 11) is 1.53. The first kappa shape index (κ1) is 19.8. The van der Waals surface area contributed by atoms with E-state index >= 15 is 0 Å². The van der Waals surface area contributed by atoms with E-state index in [0.29, 0.717) is 41.5 Å². The van der Waals surface area contributed by atoms with E-state index in [9.17, 15) is 9.90 Å². The van der Waals surface area contributed by atoms with Gasteiger partial charge >= 0.3 is 0 Å². The normalized spacial score (nSPS) is 16.3. The lowest BCUT2D eigenvalue weighted by molar-refractivity contribution is 0.0520. The van der Waals surface area contributed by atoms with Gasteiger partial charge in [-0.3, -0.25) is 4.79 Å². The molecule has 4 rings (SSSR count). The Morgan fingerprint density at radius 2 is 2.00 bits per heavy atom. The standard InChI is InChI=1S/C21H23N5O4/c1-29-19-8-9-22-20(17(19)14-27)30-15-5-4-12-25(13-15)21(28)16-6-2-3-7-18(16)26-23-10-11-24-26/h2-3,6-11,15,27H,4-5,12-14H2,1H3. The second-order valence-corrected chi connectivity index (χ2v) is 6.92. The number of benzene rings is 1. The zero-order chi connectivity index (χ0) is 20.9. The van der Waals surface area contributed by atoms with Gasteiger partial charge in [-0.15, -0.1) is 0 Å². The maximum absolute atomic E-state index is 13.3. The lowest BCUT2D eigenvalue weighted by atomic mass is 10.1. The molecule has 30 heavy (non-hydrogen) atoms. The number of nitrogens with zero attached hydrogens (tertiary/aromatic N) is 5. The third kappa shape index (κ3) is 3.97. The van der Waals surface area contributed by atoms with Crippen molar-refractivity contribution in [2.45, 2.75) is 25.6 Å². The number of carbonyl (C=O) groups is 1. The fourth-order valence-electron chi connectivity index (χ4n) is 3.61. The van der Waals surface area contributed by atoms with Crippen LogP contribution in [-0.4, -0.2) is 62.2 Å². The molecule has 9 nitrogen and oxygen atoms in total. The number of rotatable bonds is 6. The van der Waals surface area contributed by atoms with E-state index in [0.717, 1.165) is 12.8 Å². The molecular weight excluding hydrogens is 386 g/mol. The minimum atomic E-state index is -0.244. The third-order valence-electron chi connectivity index (χ3n) is 5.06. The summed E-state index contributed by atoms with van der Waals surface area (Å²) in [6.45, 7) is 0.813. The van der Waals surface area contributed by atoms with Gasteiger partial charge in [0.15, 0.2) is 0 Å². The van der Waals surface area contributed by atoms with Crippen molar-refractivity contribution in [2.75, 3.05) is 20.2 Å². The van der Waals surface area contributed by atoms with Crippen LogP contribution in [0.3, 0.4) is 0 Å². The summed E-state index contributed by atoms with van der Waals surface area (Å²) < 4.78 is 11.3. The van der Waals surface area contributed by atoms with Gasteiger partial charge in [0.2, 0.25) is 5.88 Å². The molecule has 9 heteroatoms. The molecule has 1 saturated heterocycles. The predicted molar refractivity (Wildman–Crippen MR) is 108 cm³/mol. The Bertz CT molecular complexity index is 1010. The SMILES string of the molecule is COc1ccnc(OC2CCCN(C(=O)c3ccccc3-n3nccn3)C2)c1CO. The Balaban J connectivity index is 1.52. The van der Waals surface area contributed by atoms with Crippen LogP contribution in [0.1, 0.15) is 28.8 Å². The highest BCUT2D eigenvalue weighted by Crippen LogP contribution is 2.28. The van der Waals surface area contributed by atoms with Gasteiger partial charge < -0.3 is 19.5 Å². The number of pyridine rings is 1. The zero-order valence-corrected chi connectivity index (χ0v) is 16.6. The summed E-state index contributed by atoms with van der Waals surface area (Å²) >= 11 is 0. The van der Waals surface area contributed by atoms with Crippen LogP contribution in [0.2, 0.25) is 0 Å². The summed E-state index contributed by atoms with van der Waals surface area (Å²) in [5.41, 5.74) is 1.66. The van der Waals surface area contributed by atoms with Crippen molar-refractivity contribution in [3.8, 4) is 17.3 Å². The highest BCUT2D eigenvalue weighted by molar-refractivity contribution is 5.97. The lowest BCUT2D eigenvalue weighted by Crippen LogP contribution is -2.44. The first-order valence-corrected chi connectivity index (χ1v) is 9.75. The predicted octanol–water partition coefficient (Wildman–Crippen LogP) is 1.85. The fourth-order valence-corrected chi connectivity index (χ4v) is 3.61. The van der Waals surface area contributed by atoms with E-state index in [1.807, 2.05) is 18.2 Å². The van der Waals surface area contributed by atoms with Gasteiger partial charge in [-0.1, -0.05) is 12.1 Å². The van der Waals surface area contributed by atoms with Crippen molar-refractivity contribution >= 4 is 5.91 Å². The van der Waals surface area contributed by atoms with E-state index in [2.05, 4.69) is 15.2 Å². The smallest absolute Gasteiger partial charge is 0.256 e. The van der Waals surface area contributed by atoms with Crippen molar-refractivity contribution in [1.29, 1.82) is 0 Å². The van der Waals surface area contributed by atoms with Gasteiger partial charge in [-0.05, 0) is 31.0 Å². The van der Waals surface area contributed by atoms with Crippen molar-refractivity contribution in [3.05, 3.63) is 60.0 Å². The monoisotopic (exact) mass is 409 g/mol. The number of amides is 1. The maximum Gasteiger partial charge on any atom is 0.256 e. The van der Waals surface area contributed by atoms with Crippen LogP contribution >= 0.6 is 0 Å². The molecule has 1 fully saturated rings. The van der Waals surface area contributed by atoms with Crippen LogP contribution < -0.4 is 9.47 Å². The lowest BCUT2D eigenvalue weighted by Gasteiger charge is -2.33. The number of methoxy groups -OCH3 is 1. The second kappa shape index (κ2) is 8.91. The Morgan fingerprint density at radius 3 is 2.77 bits per heavy atom. The van der Waals surface area contributed by atoms with E-state index in [1.165, 1.54) is 11.9 Å². The molecule has 0 radical (unpaired) electrons. The van der Waals surface area contributed by atoms with E-state index in [1.54, 1.807) is 35.6 Å². The third-order valence-corrected chi connectivity index (χ3v) is 5.06. The van der Waals surface area contributed by atoms with E-state index in [-0.39, 0.29) is 18.6 Å². The molecule has 0 bridgehead atoms. The largest absolute Gasteiger partial charge is 0.496 e. The molecule has 0 saturated carbocycles. The summed E-state index contributed by atoms with van der Waals surface area (Å²) in [4.78, 5) is 20.7. The molecule has 156 valence electrons. The fraction of sp³-hybridized carbons (Fsp3) is 0.333. The minimum Gasteiger partial charge on any atom is -0.496 e. The molecule has 1 atom stereocenters. The Morgan fingerprint density at radius 1 is 1.20 bits per heavy atom. The van der Waals surface area contributed by atoms with Gasteiger partial charge in [0.25, 0.3) is 5.91 Å². The summed E-state index contributed by atoms with van der Waals surface area (Å²) in [5, 5.41) is 18.0. The molecule has 1 aliphatic rings. The molecule has 1 amide bonds. The molecule has 3 heterocycles. The number of aliphatic hydroxyl groups excluding tert-OH is 1. The quantitative estimate of drug-likeness (QED) is 0.663. The van der Waals surface area contributed by atoms with Crippen molar-refractivity contribution < 1.29 is 19.4 Å². The van der Waals surface area contributed by atoms with Gasteiger partial charge in [-0.2, -0.15) is 15.0 Å². The second-order valence-electron chi connectivity index (χ2n) is 6.92. The summed E-state index contributed by atoms with van der Waals surface area (Å²) in [6.07, 6.45) is 6.08. The van der Waals surface area contributed by atoms with Crippen LogP contribution in [0, 0.1) is 0 Å². The molecule has 1 aliphatic heterocycles. The van der Waals surface area contributed by atoms with Gasteiger partial charge in [0.05, 0.1) is 49.5 Å². The number of para-hydroxylation sites is 1. The zero-order valence-electron chi connectivity index (χ0n) is 16.6. The highest BCUT2D eigenvalue weighted by Gasteiger charge is 2.28. The van der Waals surface area contributed by atoms with Gasteiger partial charge in [0, 0.05) is 12.7 Å². The molecule has 2 aromatic heterocycles. The number of likely N-dealkylation sites (tertiary alicyclic amines) is 1.